The van der Waals surface area contributed by atoms with Gasteiger partial charge in [0.25, 0.3) is 0 Å². The summed E-state index contributed by atoms with van der Waals surface area (Å²) in [5, 5.41) is 5.86. The van der Waals surface area contributed by atoms with Crippen molar-refractivity contribution in [2.75, 3.05) is 5.32 Å². The molecule has 1 saturated carbocycles. The summed E-state index contributed by atoms with van der Waals surface area (Å²) in [7, 11) is 0. The Hall–Kier alpha value is -2.62. The van der Waals surface area contributed by atoms with E-state index in [2.05, 4.69) is 31.4 Å². The smallest absolute Gasteiger partial charge is 0.228 e. The highest BCUT2D eigenvalue weighted by molar-refractivity contribution is 5.99. The molecule has 0 saturated heterocycles. The zero-order valence-electron chi connectivity index (χ0n) is 16.5. The normalized spacial score (nSPS) is 18.7. The van der Waals surface area contributed by atoms with Crippen LogP contribution in [0.1, 0.15) is 43.9 Å². The van der Waals surface area contributed by atoms with Gasteiger partial charge in [-0.3, -0.25) is 9.59 Å². The summed E-state index contributed by atoms with van der Waals surface area (Å²) in [4.78, 5) is 24.7. The summed E-state index contributed by atoms with van der Waals surface area (Å²) in [5.41, 5.74) is 4.34. The van der Waals surface area contributed by atoms with Gasteiger partial charge in [0.15, 0.2) is 0 Å². The summed E-state index contributed by atoms with van der Waals surface area (Å²) in [5.74, 6) is -0.567. The molecule has 1 fully saturated rings. The van der Waals surface area contributed by atoms with Crippen LogP contribution in [0.3, 0.4) is 0 Å². The largest absolute Gasteiger partial charge is 0.352 e. The van der Waals surface area contributed by atoms with Gasteiger partial charge in [0.1, 0.15) is 0 Å². The minimum Gasteiger partial charge on any atom is -0.352 e. The zero-order chi connectivity index (χ0) is 19.6. The van der Waals surface area contributed by atoms with E-state index in [0.29, 0.717) is 13.0 Å². The van der Waals surface area contributed by atoms with Gasteiger partial charge in [-0.25, -0.2) is 0 Å². The van der Waals surface area contributed by atoms with E-state index >= 15 is 0 Å². The number of aryl methyl sites for hydroxylation is 1. The molecule has 2 amide bonds. The Morgan fingerprint density at radius 1 is 0.926 bits per heavy atom. The number of hydrogen-bond donors (Lipinski definition) is 2. The van der Waals surface area contributed by atoms with E-state index in [1.165, 1.54) is 11.1 Å². The molecular weight excluding hydrogens is 336 g/mol. The van der Waals surface area contributed by atoms with Crippen molar-refractivity contribution in [3.05, 3.63) is 65.2 Å². The lowest BCUT2D eigenvalue weighted by Crippen LogP contribution is -2.27. The molecule has 0 heterocycles. The maximum absolute atomic E-state index is 12.4. The second-order valence-corrected chi connectivity index (χ2v) is 8.47. The topological polar surface area (TPSA) is 58.2 Å². The van der Waals surface area contributed by atoms with Crippen molar-refractivity contribution in [3.63, 3.8) is 0 Å². The molecule has 2 N–H and O–H groups in total. The maximum Gasteiger partial charge on any atom is 0.228 e. The Morgan fingerprint density at radius 2 is 1.52 bits per heavy atom. The van der Waals surface area contributed by atoms with Crippen LogP contribution in [-0.2, 0) is 21.5 Å². The Morgan fingerprint density at radius 3 is 2.11 bits per heavy atom. The van der Waals surface area contributed by atoms with Crippen molar-refractivity contribution in [1.29, 1.82) is 0 Å². The summed E-state index contributed by atoms with van der Waals surface area (Å²) >= 11 is 0. The van der Waals surface area contributed by atoms with E-state index in [-0.39, 0.29) is 29.1 Å². The van der Waals surface area contributed by atoms with Crippen LogP contribution in [0.4, 0.5) is 5.69 Å². The minimum atomic E-state index is -0.231. The van der Waals surface area contributed by atoms with Crippen LogP contribution in [0.25, 0.3) is 0 Å². The van der Waals surface area contributed by atoms with Crippen molar-refractivity contribution in [3.8, 4) is 0 Å². The molecule has 2 atom stereocenters. The van der Waals surface area contributed by atoms with Crippen molar-refractivity contribution in [1.82, 2.24) is 5.32 Å². The maximum atomic E-state index is 12.4. The molecule has 27 heavy (non-hydrogen) atoms. The number of carbonyl (C=O) groups is 2. The second-order valence-electron chi connectivity index (χ2n) is 8.47. The van der Waals surface area contributed by atoms with Crippen LogP contribution in [0.5, 0.6) is 0 Å². The van der Waals surface area contributed by atoms with Crippen molar-refractivity contribution < 1.29 is 9.59 Å². The fourth-order valence-corrected chi connectivity index (χ4v) is 3.09. The number of carbonyl (C=O) groups excluding carboxylic acids is 2. The quantitative estimate of drug-likeness (QED) is 0.836. The Labute approximate surface area is 161 Å². The number of anilines is 1. The van der Waals surface area contributed by atoms with Crippen molar-refractivity contribution in [2.24, 2.45) is 11.8 Å². The van der Waals surface area contributed by atoms with Crippen molar-refractivity contribution in [2.45, 2.75) is 46.1 Å². The highest BCUT2D eigenvalue weighted by Crippen LogP contribution is 2.39. The molecule has 1 aliphatic rings. The van der Waals surface area contributed by atoms with Gasteiger partial charge in [-0.1, -0.05) is 62.7 Å². The van der Waals surface area contributed by atoms with Gasteiger partial charge in [0.2, 0.25) is 11.8 Å². The monoisotopic (exact) mass is 364 g/mol. The molecule has 0 radical (unpaired) electrons. The van der Waals surface area contributed by atoms with Gasteiger partial charge in [-0.05, 0) is 42.0 Å². The molecule has 4 nitrogen and oxygen atoms in total. The first kappa shape index (κ1) is 19.2. The molecule has 1 aliphatic carbocycles. The molecule has 2 unspecified atom stereocenters. The third kappa shape index (κ3) is 4.97. The van der Waals surface area contributed by atoms with Gasteiger partial charge < -0.3 is 10.6 Å². The first-order valence-electron chi connectivity index (χ1n) is 9.49. The van der Waals surface area contributed by atoms with Crippen LogP contribution in [0.2, 0.25) is 0 Å². The van der Waals surface area contributed by atoms with Crippen LogP contribution < -0.4 is 10.6 Å². The van der Waals surface area contributed by atoms with Crippen molar-refractivity contribution >= 4 is 17.5 Å². The molecule has 3 rings (SSSR count). The first-order valence-corrected chi connectivity index (χ1v) is 9.49. The molecule has 0 aliphatic heterocycles. The lowest BCUT2D eigenvalue weighted by atomic mass is 9.87. The van der Waals surface area contributed by atoms with Gasteiger partial charge >= 0.3 is 0 Å². The molecule has 4 heteroatoms. The van der Waals surface area contributed by atoms with E-state index in [4.69, 9.17) is 0 Å². The van der Waals surface area contributed by atoms with Crippen LogP contribution in [0.15, 0.2) is 48.5 Å². The van der Waals surface area contributed by atoms with E-state index in [1.807, 2.05) is 55.5 Å². The molecule has 2 aromatic rings. The van der Waals surface area contributed by atoms with E-state index < -0.39 is 0 Å². The summed E-state index contributed by atoms with van der Waals surface area (Å²) in [6.07, 6.45) is 0.617. The number of nitrogens with one attached hydrogen (secondary N) is 2. The van der Waals surface area contributed by atoms with E-state index in [9.17, 15) is 9.59 Å². The Bertz CT molecular complexity index is 817. The summed E-state index contributed by atoms with van der Waals surface area (Å²) < 4.78 is 0. The van der Waals surface area contributed by atoms with E-state index in [0.717, 1.165) is 11.3 Å². The highest BCUT2D eigenvalue weighted by atomic mass is 16.2. The lowest BCUT2D eigenvalue weighted by molar-refractivity contribution is -0.125. The average Bonchev–Trinajstić information content (AvgIpc) is 3.42. The number of rotatable bonds is 5. The van der Waals surface area contributed by atoms with Crippen LogP contribution in [0, 0.1) is 18.8 Å². The lowest BCUT2D eigenvalue weighted by Gasteiger charge is -2.19. The number of amides is 2. The standard InChI is InChI=1S/C23H28N2O2/c1-15-5-7-16(8-6-15)14-24-21(26)19-13-20(19)22(27)25-18-11-9-17(10-12-18)23(2,3)4/h5-12,19-20H,13-14H2,1-4H3,(H,24,26)(H,25,27). The van der Waals surface area contributed by atoms with Gasteiger partial charge in [-0.2, -0.15) is 0 Å². The number of hydrogen-bond acceptors (Lipinski definition) is 2. The SMILES string of the molecule is Cc1ccc(CNC(=O)C2CC2C(=O)Nc2ccc(C(C)(C)C)cc2)cc1. The number of benzene rings is 2. The predicted molar refractivity (Wildman–Crippen MR) is 108 cm³/mol. The summed E-state index contributed by atoms with van der Waals surface area (Å²) in [6.45, 7) is 9.00. The molecular formula is C23H28N2O2. The fourth-order valence-electron chi connectivity index (χ4n) is 3.09. The average molecular weight is 364 g/mol. The van der Waals surface area contributed by atoms with Gasteiger partial charge in [0, 0.05) is 12.2 Å². The fraction of sp³-hybridized carbons (Fsp3) is 0.391. The minimum absolute atomic E-state index is 0.0428. The second kappa shape index (κ2) is 7.55. The zero-order valence-corrected chi connectivity index (χ0v) is 16.5. The van der Waals surface area contributed by atoms with E-state index in [1.54, 1.807) is 0 Å². The van der Waals surface area contributed by atoms with Crippen LogP contribution in [-0.4, -0.2) is 11.8 Å². The highest BCUT2D eigenvalue weighted by Gasteiger charge is 2.47. The Balaban J connectivity index is 1.48. The molecule has 0 bridgehead atoms. The first-order chi connectivity index (χ1) is 12.7. The third-order valence-electron chi connectivity index (χ3n) is 5.07. The molecule has 0 aromatic heterocycles. The third-order valence-corrected chi connectivity index (χ3v) is 5.07. The molecule has 142 valence electrons. The Kier molecular flexibility index (Phi) is 5.36. The predicted octanol–water partition coefficient (Wildman–Crippen LogP) is 4.18. The molecule has 2 aromatic carbocycles. The summed E-state index contributed by atoms with van der Waals surface area (Å²) in [6, 6.07) is 16.0. The van der Waals surface area contributed by atoms with Crippen LogP contribution >= 0.6 is 0 Å². The van der Waals surface area contributed by atoms with Gasteiger partial charge in [0.05, 0.1) is 11.8 Å². The molecule has 0 spiro atoms. The van der Waals surface area contributed by atoms with Gasteiger partial charge in [-0.15, -0.1) is 0 Å².